The Labute approximate surface area is 228 Å². The molecule has 0 aliphatic carbocycles. The fourth-order valence-corrected chi connectivity index (χ4v) is 5.50. The van der Waals surface area contributed by atoms with Crippen LogP contribution in [-0.4, -0.2) is 63.9 Å². The number of carbonyl (C=O) groups excluding carboxylic acids is 1. The molecular formula is C28H30F3N5O2S. The van der Waals surface area contributed by atoms with E-state index in [0.29, 0.717) is 23.4 Å². The van der Waals surface area contributed by atoms with Crippen LogP contribution in [0.1, 0.15) is 42.3 Å². The lowest BCUT2D eigenvalue weighted by Gasteiger charge is -2.26. The summed E-state index contributed by atoms with van der Waals surface area (Å²) in [5.41, 5.74) is 3.79. The SMILES string of the molecule is CC[C@H](NC(=O)c1cc(-c2cnn3cc(-c4ccc(OCCN5CCCCC5)cc4)cnc23)cs1)C(F)(F)F. The molecule has 3 aromatic heterocycles. The quantitative estimate of drug-likeness (QED) is 0.271. The number of likely N-dealkylation sites (tertiary alicyclic amines) is 1. The first-order valence-electron chi connectivity index (χ1n) is 13.1. The Morgan fingerprint density at radius 3 is 2.59 bits per heavy atom. The van der Waals surface area contributed by atoms with Crippen LogP contribution in [0.25, 0.3) is 27.9 Å². The number of aromatic nitrogens is 3. The number of fused-ring (bicyclic) bond motifs is 1. The second-order valence-electron chi connectivity index (χ2n) is 9.62. The van der Waals surface area contributed by atoms with E-state index in [1.807, 2.05) is 30.5 Å². The summed E-state index contributed by atoms with van der Waals surface area (Å²) in [6.45, 7) is 5.29. The molecule has 1 N–H and O–H groups in total. The topological polar surface area (TPSA) is 71.8 Å². The third kappa shape index (κ3) is 6.42. The van der Waals surface area contributed by atoms with Gasteiger partial charge in [0.2, 0.25) is 0 Å². The summed E-state index contributed by atoms with van der Waals surface area (Å²) in [5, 5.41) is 8.21. The van der Waals surface area contributed by atoms with E-state index in [4.69, 9.17) is 4.74 Å². The average Bonchev–Trinajstić information content (AvgIpc) is 3.59. The normalized spacial score (nSPS) is 15.4. The maximum absolute atomic E-state index is 13.0. The monoisotopic (exact) mass is 557 g/mol. The molecule has 0 saturated carbocycles. The number of thiophene rings is 1. The molecular weight excluding hydrogens is 527 g/mol. The summed E-state index contributed by atoms with van der Waals surface area (Å²) in [6, 6.07) is 7.55. The number of hydrogen-bond acceptors (Lipinski definition) is 6. The van der Waals surface area contributed by atoms with E-state index < -0.39 is 18.1 Å². The minimum absolute atomic E-state index is 0.196. The van der Waals surface area contributed by atoms with E-state index in [-0.39, 0.29) is 11.3 Å². The predicted octanol–water partition coefficient (Wildman–Crippen LogP) is 6.06. The molecule has 7 nitrogen and oxygen atoms in total. The lowest BCUT2D eigenvalue weighted by Crippen LogP contribution is -2.44. The molecule has 0 spiro atoms. The molecule has 206 valence electrons. The van der Waals surface area contributed by atoms with Gasteiger partial charge in [0.05, 0.1) is 11.1 Å². The van der Waals surface area contributed by atoms with Gasteiger partial charge in [0.1, 0.15) is 18.4 Å². The second kappa shape index (κ2) is 11.7. The number of nitrogens with zero attached hydrogens (tertiary/aromatic N) is 4. The highest BCUT2D eigenvalue weighted by molar-refractivity contribution is 7.12. The van der Waals surface area contributed by atoms with Crippen LogP contribution < -0.4 is 10.1 Å². The van der Waals surface area contributed by atoms with Crippen LogP contribution in [0, 0.1) is 0 Å². The van der Waals surface area contributed by atoms with E-state index in [1.54, 1.807) is 28.4 Å². The van der Waals surface area contributed by atoms with Gasteiger partial charge in [-0.05, 0) is 67.1 Å². The first kappa shape index (κ1) is 27.1. The Bertz CT molecular complexity index is 1410. The van der Waals surface area contributed by atoms with Crippen molar-refractivity contribution < 1.29 is 22.7 Å². The Kier molecular flexibility index (Phi) is 8.18. The smallest absolute Gasteiger partial charge is 0.408 e. The van der Waals surface area contributed by atoms with Crippen molar-refractivity contribution in [2.75, 3.05) is 26.2 Å². The van der Waals surface area contributed by atoms with E-state index >= 15 is 0 Å². The van der Waals surface area contributed by atoms with E-state index in [0.717, 1.165) is 47.8 Å². The highest BCUT2D eigenvalue weighted by Crippen LogP contribution is 2.30. The summed E-state index contributed by atoms with van der Waals surface area (Å²) in [7, 11) is 0. The van der Waals surface area contributed by atoms with Crippen molar-refractivity contribution >= 4 is 22.9 Å². The number of rotatable bonds is 9. The van der Waals surface area contributed by atoms with Crippen LogP contribution in [0.15, 0.2) is 54.3 Å². The Morgan fingerprint density at radius 1 is 1.10 bits per heavy atom. The lowest BCUT2D eigenvalue weighted by molar-refractivity contribution is -0.153. The largest absolute Gasteiger partial charge is 0.492 e. The number of halogens is 3. The van der Waals surface area contributed by atoms with Crippen LogP contribution >= 0.6 is 11.3 Å². The summed E-state index contributed by atoms with van der Waals surface area (Å²) < 4.78 is 46.7. The van der Waals surface area contributed by atoms with Crippen LogP contribution in [0.5, 0.6) is 5.75 Å². The van der Waals surface area contributed by atoms with Gasteiger partial charge in [0.15, 0.2) is 5.65 Å². The van der Waals surface area contributed by atoms with Crippen molar-refractivity contribution in [3.8, 4) is 28.0 Å². The molecule has 4 aromatic rings. The zero-order valence-electron chi connectivity index (χ0n) is 21.6. The molecule has 4 heterocycles. The van der Waals surface area contributed by atoms with Gasteiger partial charge in [-0.1, -0.05) is 25.5 Å². The van der Waals surface area contributed by atoms with Gasteiger partial charge in [-0.25, -0.2) is 9.50 Å². The molecule has 5 rings (SSSR count). The van der Waals surface area contributed by atoms with Crippen molar-refractivity contribution in [1.29, 1.82) is 0 Å². The molecule has 1 amide bonds. The molecule has 39 heavy (non-hydrogen) atoms. The van der Waals surface area contributed by atoms with Crippen LogP contribution in [-0.2, 0) is 0 Å². The number of carbonyl (C=O) groups is 1. The van der Waals surface area contributed by atoms with E-state index in [1.165, 1.54) is 26.2 Å². The fraction of sp³-hybridized carbons (Fsp3) is 0.393. The number of benzene rings is 1. The van der Waals surface area contributed by atoms with Crippen molar-refractivity contribution in [1.82, 2.24) is 24.8 Å². The maximum atomic E-state index is 13.0. The first-order chi connectivity index (χ1) is 18.8. The zero-order chi connectivity index (χ0) is 27.4. The second-order valence-corrected chi connectivity index (χ2v) is 10.5. The molecule has 1 aliphatic heterocycles. The van der Waals surface area contributed by atoms with Gasteiger partial charge in [-0.15, -0.1) is 11.3 Å². The molecule has 1 aromatic carbocycles. The van der Waals surface area contributed by atoms with Crippen LogP contribution in [0.4, 0.5) is 13.2 Å². The highest BCUT2D eigenvalue weighted by atomic mass is 32.1. The first-order valence-corrected chi connectivity index (χ1v) is 13.9. The third-order valence-electron chi connectivity index (χ3n) is 6.91. The van der Waals surface area contributed by atoms with Gasteiger partial charge >= 0.3 is 6.18 Å². The Morgan fingerprint density at radius 2 is 1.87 bits per heavy atom. The summed E-state index contributed by atoms with van der Waals surface area (Å²) in [5.74, 6) is 0.0741. The molecule has 11 heteroatoms. The molecule has 1 fully saturated rings. The Hall–Kier alpha value is -3.44. The number of amides is 1. The maximum Gasteiger partial charge on any atom is 0.408 e. The minimum Gasteiger partial charge on any atom is -0.492 e. The minimum atomic E-state index is -4.49. The number of hydrogen-bond donors (Lipinski definition) is 1. The van der Waals surface area contributed by atoms with Crippen molar-refractivity contribution in [3.63, 3.8) is 0 Å². The lowest BCUT2D eigenvalue weighted by atomic mass is 10.1. The Balaban J connectivity index is 1.24. The standard InChI is InChI=1S/C28H30F3N5O2S/c1-2-25(28(29,30)31)34-27(37)24-14-20(18-39-24)23-16-33-36-17-21(15-32-26(23)36)19-6-8-22(9-7-19)38-13-12-35-10-4-3-5-11-35/h6-9,14-18,25H,2-5,10-13H2,1H3,(H,34,37)/t25-/m0/s1. The molecule has 1 atom stereocenters. The molecule has 1 saturated heterocycles. The number of ether oxygens (including phenoxy) is 1. The van der Waals surface area contributed by atoms with Gasteiger partial charge in [0.25, 0.3) is 5.91 Å². The van der Waals surface area contributed by atoms with Crippen molar-refractivity contribution in [3.05, 3.63) is 59.2 Å². The molecule has 0 bridgehead atoms. The van der Waals surface area contributed by atoms with Crippen LogP contribution in [0.3, 0.4) is 0 Å². The van der Waals surface area contributed by atoms with E-state index in [9.17, 15) is 18.0 Å². The van der Waals surface area contributed by atoms with Gasteiger partial charge in [0, 0.05) is 30.1 Å². The number of nitrogens with one attached hydrogen (secondary N) is 1. The average molecular weight is 558 g/mol. The van der Waals surface area contributed by atoms with Gasteiger partial charge in [-0.2, -0.15) is 18.3 Å². The summed E-state index contributed by atoms with van der Waals surface area (Å²) >= 11 is 1.08. The summed E-state index contributed by atoms with van der Waals surface area (Å²) in [6.07, 6.45) is 4.38. The fourth-order valence-electron chi connectivity index (χ4n) is 4.69. The third-order valence-corrected chi connectivity index (χ3v) is 7.84. The molecule has 1 aliphatic rings. The van der Waals surface area contributed by atoms with Crippen molar-refractivity contribution in [2.45, 2.75) is 44.8 Å². The number of alkyl halides is 3. The van der Waals surface area contributed by atoms with E-state index in [2.05, 4.69) is 20.3 Å². The predicted molar refractivity (Wildman–Crippen MR) is 145 cm³/mol. The zero-order valence-corrected chi connectivity index (χ0v) is 22.4. The van der Waals surface area contributed by atoms with Crippen LogP contribution in [0.2, 0.25) is 0 Å². The van der Waals surface area contributed by atoms with Gasteiger partial charge in [-0.3, -0.25) is 9.69 Å². The van der Waals surface area contributed by atoms with Gasteiger partial charge < -0.3 is 10.1 Å². The van der Waals surface area contributed by atoms with Crippen molar-refractivity contribution in [2.24, 2.45) is 0 Å². The summed E-state index contributed by atoms with van der Waals surface area (Å²) in [4.78, 5) is 19.6. The highest BCUT2D eigenvalue weighted by Gasteiger charge is 2.39. The molecule has 0 unspecified atom stereocenters. The number of piperidine rings is 1. The molecule has 0 radical (unpaired) electrons.